The van der Waals surface area contributed by atoms with Crippen LogP contribution in [0.15, 0.2) is 64.1 Å². The van der Waals surface area contributed by atoms with Crippen LogP contribution >= 0.6 is 23.4 Å². The summed E-state index contributed by atoms with van der Waals surface area (Å²) in [4.78, 5) is 17.7. The Hall–Kier alpha value is -2.55. The topological polar surface area (TPSA) is 62.4 Å². The quantitative estimate of drug-likeness (QED) is 0.583. The van der Waals surface area contributed by atoms with Crippen LogP contribution in [0.3, 0.4) is 0 Å². The number of carbonyl (C=O) groups excluding carboxylic acids is 1. The third-order valence-corrected chi connectivity index (χ3v) is 6.88. The van der Waals surface area contributed by atoms with E-state index in [1.54, 1.807) is 18.9 Å². The molecule has 0 N–H and O–H groups in total. The number of hydrogen-bond donors (Lipinski definition) is 0. The average Bonchev–Trinajstić information content (AvgIpc) is 2.78. The van der Waals surface area contributed by atoms with Gasteiger partial charge in [-0.25, -0.2) is 4.99 Å². The van der Waals surface area contributed by atoms with Gasteiger partial charge in [-0.2, -0.15) is 5.26 Å². The minimum absolute atomic E-state index is 0.176. The number of fused-ring (bicyclic) bond motifs is 1. The second kappa shape index (κ2) is 9.07. The van der Waals surface area contributed by atoms with Crippen LogP contribution in [0.1, 0.15) is 36.3 Å². The molecule has 4 rings (SSSR count). The van der Waals surface area contributed by atoms with Crippen LogP contribution in [-0.4, -0.2) is 18.6 Å². The minimum atomic E-state index is -0.346. The van der Waals surface area contributed by atoms with Gasteiger partial charge in [0.1, 0.15) is 16.6 Å². The Labute approximate surface area is 185 Å². The molecule has 0 amide bonds. The summed E-state index contributed by atoms with van der Waals surface area (Å²) >= 11 is 7.53. The highest BCUT2D eigenvalue weighted by Gasteiger charge is 2.42. The highest BCUT2D eigenvalue weighted by atomic mass is 35.5. The van der Waals surface area contributed by atoms with Gasteiger partial charge in [0.2, 0.25) is 0 Å². The van der Waals surface area contributed by atoms with Gasteiger partial charge in [0.15, 0.2) is 0 Å². The number of carbonyl (C=O) groups is 1. The van der Waals surface area contributed by atoms with Gasteiger partial charge in [0, 0.05) is 28.8 Å². The fourth-order valence-corrected chi connectivity index (χ4v) is 5.20. The first kappa shape index (κ1) is 20.7. The van der Waals surface area contributed by atoms with Crippen molar-refractivity contribution in [2.45, 2.75) is 30.9 Å². The molecule has 0 aromatic heterocycles. The molecule has 1 saturated carbocycles. The second-order valence-corrected chi connectivity index (χ2v) is 8.80. The summed E-state index contributed by atoms with van der Waals surface area (Å²) in [6.45, 7) is 0. The third-order valence-electron chi connectivity index (χ3n) is 5.57. The lowest BCUT2D eigenvalue weighted by Gasteiger charge is -2.34. The number of rotatable bonds is 5. The van der Waals surface area contributed by atoms with E-state index >= 15 is 0 Å². The Morgan fingerprint density at radius 2 is 1.87 bits per heavy atom. The van der Waals surface area contributed by atoms with Gasteiger partial charge in [-0.05, 0) is 48.2 Å². The molecule has 30 heavy (non-hydrogen) atoms. The fourth-order valence-electron chi connectivity index (χ4n) is 4.06. The SMILES string of the molecule is COc1ccc([C@@H]2C(C#N)=C(SCc3ccc(Cl)cc3)N=C3CCCC(=O)[C@H]32)cc1. The van der Waals surface area contributed by atoms with Gasteiger partial charge in [-0.1, -0.05) is 35.9 Å². The van der Waals surface area contributed by atoms with Crippen LogP contribution < -0.4 is 4.74 Å². The van der Waals surface area contributed by atoms with Gasteiger partial charge >= 0.3 is 0 Å². The van der Waals surface area contributed by atoms with Gasteiger partial charge in [-0.3, -0.25) is 4.79 Å². The minimum Gasteiger partial charge on any atom is -0.497 e. The number of aliphatic imine (C=N–C) groups is 1. The zero-order valence-corrected chi connectivity index (χ0v) is 18.2. The molecule has 1 aliphatic heterocycles. The number of allylic oxidation sites excluding steroid dienone is 1. The molecule has 0 bridgehead atoms. The number of nitrogens with zero attached hydrogens (tertiary/aromatic N) is 2. The van der Waals surface area contributed by atoms with E-state index in [9.17, 15) is 10.1 Å². The predicted molar refractivity (Wildman–Crippen MR) is 121 cm³/mol. The molecule has 0 unspecified atom stereocenters. The maximum absolute atomic E-state index is 12.9. The van der Waals surface area contributed by atoms with E-state index in [1.807, 2.05) is 48.5 Å². The summed E-state index contributed by atoms with van der Waals surface area (Å²) < 4.78 is 5.27. The average molecular weight is 437 g/mol. The van der Waals surface area contributed by atoms with E-state index in [0.717, 1.165) is 35.4 Å². The number of hydrogen-bond acceptors (Lipinski definition) is 5. The molecule has 6 heteroatoms. The number of benzene rings is 2. The van der Waals surface area contributed by atoms with Gasteiger partial charge in [0.05, 0.1) is 24.7 Å². The monoisotopic (exact) mass is 436 g/mol. The summed E-state index contributed by atoms with van der Waals surface area (Å²) in [5.74, 6) is 0.965. The van der Waals surface area contributed by atoms with Crippen molar-refractivity contribution in [3.05, 3.63) is 75.3 Å². The Bertz CT molecular complexity index is 1050. The second-order valence-electron chi connectivity index (χ2n) is 7.40. The molecule has 0 saturated heterocycles. The maximum Gasteiger partial charge on any atom is 0.142 e. The summed E-state index contributed by atoms with van der Waals surface area (Å²) in [6.07, 6.45) is 2.16. The molecule has 2 aromatic carbocycles. The first-order valence-electron chi connectivity index (χ1n) is 9.86. The number of methoxy groups -OCH3 is 1. The van der Waals surface area contributed by atoms with E-state index < -0.39 is 0 Å². The Morgan fingerprint density at radius 3 is 2.53 bits per heavy atom. The van der Waals surface area contributed by atoms with Gasteiger partial charge in [0.25, 0.3) is 0 Å². The number of Topliss-reactive ketones (excluding diaryl/α,β-unsaturated/α-hetero) is 1. The van der Waals surface area contributed by atoms with Crippen molar-refractivity contribution in [2.75, 3.05) is 7.11 Å². The molecule has 0 radical (unpaired) electrons. The van der Waals surface area contributed by atoms with E-state index in [1.165, 1.54) is 0 Å². The van der Waals surface area contributed by atoms with Crippen LogP contribution in [0, 0.1) is 17.2 Å². The molecule has 0 spiro atoms. The Kier molecular flexibility index (Phi) is 6.26. The lowest BCUT2D eigenvalue weighted by atomic mass is 9.70. The molecule has 1 heterocycles. The smallest absolute Gasteiger partial charge is 0.142 e. The molecule has 152 valence electrons. The summed E-state index contributed by atoms with van der Waals surface area (Å²) in [6, 6.07) is 17.7. The van der Waals surface area contributed by atoms with Crippen molar-refractivity contribution >= 4 is 34.9 Å². The Balaban J connectivity index is 1.72. The molecule has 1 aliphatic carbocycles. The first-order valence-corrected chi connectivity index (χ1v) is 11.2. The standard InChI is InChI=1S/C24H21ClN2O2S/c1-29-18-11-7-16(8-12-18)22-19(13-26)24(27-20-3-2-4-21(28)23(20)22)30-14-15-5-9-17(25)10-6-15/h5-12,22-23H,2-4,14H2,1H3/t22-,23+/m1/s1. The third kappa shape index (κ3) is 4.16. The van der Waals surface area contributed by atoms with E-state index in [-0.39, 0.29) is 17.6 Å². The summed E-state index contributed by atoms with van der Waals surface area (Å²) in [5, 5.41) is 11.5. The molecular weight excluding hydrogens is 416 g/mol. The fraction of sp³-hybridized carbons (Fsp3) is 0.292. The van der Waals surface area contributed by atoms with Crippen molar-refractivity contribution in [3.63, 3.8) is 0 Å². The zero-order chi connectivity index (χ0) is 21.1. The number of ether oxygens (including phenoxy) is 1. The molecule has 4 nitrogen and oxygen atoms in total. The van der Waals surface area contributed by atoms with E-state index in [2.05, 4.69) is 6.07 Å². The highest BCUT2D eigenvalue weighted by molar-refractivity contribution is 8.02. The predicted octanol–water partition coefficient (Wildman–Crippen LogP) is 5.92. The first-order chi connectivity index (χ1) is 14.6. The van der Waals surface area contributed by atoms with Crippen LogP contribution in [0.4, 0.5) is 0 Å². The Morgan fingerprint density at radius 1 is 1.13 bits per heavy atom. The number of nitriles is 1. The van der Waals surface area contributed by atoms with Crippen molar-refractivity contribution < 1.29 is 9.53 Å². The maximum atomic E-state index is 12.9. The molecular formula is C24H21ClN2O2S. The van der Waals surface area contributed by atoms with Crippen molar-refractivity contribution in [2.24, 2.45) is 10.9 Å². The highest BCUT2D eigenvalue weighted by Crippen LogP contribution is 2.45. The lowest BCUT2D eigenvalue weighted by molar-refractivity contribution is -0.121. The zero-order valence-electron chi connectivity index (χ0n) is 16.6. The van der Waals surface area contributed by atoms with Crippen LogP contribution in [0.5, 0.6) is 5.75 Å². The van der Waals surface area contributed by atoms with Crippen molar-refractivity contribution in [1.82, 2.24) is 0 Å². The van der Waals surface area contributed by atoms with Crippen LogP contribution in [0.25, 0.3) is 0 Å². The summed E-state index contributed by atoms with van der Waals surface area (Å²) in [7, 11) is 1.62. The van der Waals surface area contributed by atoms with E-state index in [4.69, 9.17) is 21.3 Å². The molecule has 1 fully saturated rings. The number of ketones is 1. The largest absolute Gasteiger partial charge is 0.497 e. The van der Waals surface area contributed by atoms with Crippen molar-refractivity contribution in [3.8, 4) is 11.8 Å². The lowest BCUT2D eigenvalue weighted by Crippen LogP contribution is -2.37. The number of thioether (sulfide) groups is 1. The molecule has 2 atom stereocenters. The molecule has 2 aliphatic rings. The summed E-state index contributed by atoms with van der Waals surface area (Å²) in [5.41, 5.74) is 3.54. The van der Waals surface area contributed by atoms with Gasteiger partial charge < -0.3 is 4.74 Å². The normalized spacial score (nSPS) is 21.0. The van der Waals surface area contributed by atoms with Crippen molar-refractivity contribution in [1.29, 1.82) is 5.26 Å². The van der Waals surface area contributed by atoms with E-state index in [0.29, 0.717) is 27.8 Å². The van der Waals surface area contributed by atoms with Crippen LogP contribution in [0.2, 0.25) is 5.02 Å². The number of halogens is 1. The van der Waals surface area contributed by atoms with Crippen LogP contribution in [-0.2, 0) is 10.5 Å². The van der Waals surface area contributed by atoms with Gasteiger partial charge in [-0.15, -0.1) is 11.8 Å². The molecule has 2 aromatic rings.